The Morgan fingerprint density at radius 3 is 2.55 bits per heavy atom. The summed E-state index contributed by atoms with van der Waals surface area (Å²) in [5, 5.41) is 0. The molecule has 0 spiro atoms. The minimum absolute atomic E-state index is 0.219. The van der Waals surface area contributed by atoms with Crippen molar-refractivity contribution in [3.63, 3.8) is 0 Å². The van der Waals surface area contributed by atoms with E-state index in [-0.39, 0.29) is 5.97 Å². The Morgan fingerprint density at radius 2 is 2.00 bits per heavy atom. The molecule has 1 aromatic carbocycles. The van der Waals surface area contributed by atoms with Crippen LogP contribution in [0.2, 0.25) is 0 Å². The average molecular weight is 294 g/mol. The van der Waals surface area contributed by atoms with E-state index in [1.165, 1.54) is 7.11 Å². The molecule has 0 atom stereocenters. The summed E-state index contributed by atoms with van der Waals surface area (Å²) in [6.07, 6.45) is 1.02. The second-order valence-corrected chi connectivity index (χ2v) is 5.13. The first-order valence-corrected chi connectivity index (χ1v) is 7.11. The van der Waals surface area contributed by atoms with Gasteiger partial charge in [0.1, 0.15) is 0 Å². The zero-order chi connectivity index (χ0) is 15.0. The maximum Gasteiger partial charge on any atom is 0.309 e. The first-order valence-electron chi connectivity index (χ1n) is 6.71. The largest absolute Gasteiger partial charge is 0.469 e. The highest BCUT2D eigenvalue weighted by Gasteiger charge is 2.11. The third-order valence-electron chi connectivity index (χ3n) is 3.20. The molecule has 4 nitrogen and oxygen atoms in total. The quantitative estimate of drug-likeness (QED) is 0.586. The summed E-state index contributed by atoms with van der Waals surface area (Å²) in [5.41, 5.74) is 7.70. The Bertz CT molecular complexity index is 463. The van der Waals surface area contributed by atoms with Gasteiger partial charge in [-0.1, -0.05) is 43.4 Å². The van der Waals surface area contributed by atoms with E-state index in [2.05, 4.69) is 11.8 Å². The summed E-state index contributed by atoms with van der Waals surface area (Å²) in [5.74, 6) is -0.219. The molecule has 0 aliphatic carbocycles. The van der Waals surface area contributed by atoms with Crippen LogP contribution in [-0.2, 0) is 22.5 Å². The lowest BCUT2D eigenvalue weighted by Gasteiger charge is -2.21. The first kappa shape index (κ1) is 16.6. The van der Waals surface area contributed by atoms with Crippen LogP contribution in [-0.4, -0.2) is 36.1 Å². The summed E-state index contributed by atoms with van der Waals surface area (Å²) in [7, 11) is 1.41. The molecule has 0 aliphatic heterocycles. The van der Waals surface area contributed by atoms with Crippen LogP contribution in [0.5, 0.6) is 0 Å². The zero-order valence-corrected chi connectivity index (χ0v) is 12.9. The average Bonchev–Trinajstić information content (AvgIpc) is 2.44. The molecule has 0 radical (unpaired) electrons. The van der Waals surface area contributed by atoms with Crippen LogP contribution in [0.25, 0.3) is 0 Å². The lowest BCUT2D eigenvalue weighted by Crippen LogP contribution is -2.27. The molecule has 1 aromatic rings. The molecule has 2 N–H and O–H groups in total. The lowest BCUT2D eigenvalue weighted by atomic mass is 10.0. The van der Waals surface area contributed by atoms with Crippen LogP contribution < -0.4 is 5.73 Å². The number of thiocarbonyl (C=S) groups is 1. The second-order valence-electron chi connectivity index (χ2n) is 4.61. The van der Waals surface area contributed by atoms with Gasteiger partial charge < -0.3 is 10.5 Å². The van der Waals surface area contributed by atoms with Gasteiger partial charge in [-0.25, -0.2) is 0 Å². The number of carbonyl (C=O) groups excluding carboxylic acids is 1. The summed E-state index contributed by atoms with van der Waals surface area (Å²) in [4.78, 5) is 14.2. The molecule has 0 fully saturated rings. The summed E-state index contributed by atoms with van der Waals surface area (Å²) in [6.45, 7) is 4.63. The molecule has 5 heteroatoms. The highest BCUT2D eigenvalue weighted by Crippen LogP contribution is 2.13. The molecule has 20 heavy (non-hydrogen) atoms. The van der Waals surface area contributed by atoms with E-state index in [9.17, 15) is 4.79 Å². The van der Waals surface area contributed by atoms with Crippen molar-refractivity contribution >= 4 is 23.2 Å². The van der Waals surface area contributed by atoms with Crippen LogP contribution in [0.4, 0.5) is 0 Å². The fourth-order valence-electron chi connectivity index (χ4n) is 1.97. The highest BCUT2D eigenvalue weighted by molar-refractivity contribution is 7.80. The van der Waals surface area contributed by atoms with Gasteiger partial charge in [-0.3, -0.25) is 9.69 Å². The smallest absolute Gasteiger partial charge is 0.309 e. The predicted molar refractivity (Wildman–Crippen MR) is 84.5 cm³/mol. The number of rotatable bonds is 8. The Balaban J connectivity index is 2.74. The van der Waals surface area contributed by atoms with E-state index in [0.717, 1.165) is 30.8 Å². The molecule has 0 aromatic heterocycles. The third kappa shape index (κ3) is 5.67. The normalized spacial score (nSPS) is 10.6. The van der Waals surface area contributed by atoms with Crippen molar-refractivity contribution in [2.75, 3.05) is 20.2 Å². The van der Waals surface area contributed by atoms with Gasteiger partial charge in [0.05, 0.1) is 18.5 Å². The zero-order valence-electron chi connectivity index (χ0n) is 12.1. The Labute approximate surface area is 125 Å². The van der Waals surface area contributed by atoms with Crippen LogP contribution in [0.3, 0.4) is 0 Å². The van der Waals surface area contributed by atoms with Gasteiger partial charge in [-0.05, 0) is 17.7 Å². The van der Waals surface area contributed by atoms with Crippen LogP contribution in [0.15, 0.2) is 24.3 Å². The number of nitrogens with zero attached hydrogens (tertiary/aromatic N) is 1. The molecule has 0 bridgehead atoms. The number of carbonyl (C=O) groups is 1. The second kappa shape index (κ2) is 8.66. The molecular weight excluding hydrogens is 272 g/mol. The van der Waals surface area contributed by atoms with Gasteiger partial charge >= 0.3 is 5.97 Å². The molecule has 110 valence electrons. The molecule has 0 saturated carbocycles. The lowest BCUT2D eigenvalue weighted by molar-refractivity contribution is -0.139. The fourth-order valence-corrected chi connectivity index (χ4v) is 2.06. The molecular formula is C15H22N2O2S. The Hall–Kier alpha value is -1.46. The summed E-state index contributed by atoms with van der Waals surface area (Å²) >= 11 is 4.91. The number of esters is 1. The van der Waals surface area contributed by atoms with Gasteiger partial charge in [0.2, 0.25) is 0 Å². The Kier molecular flexibility index (Phi) is 7.18. The minimum atomic E-state index is -0.219. The first-order chi connectivity index (χ1) is 9.56. The van der Waals surface area contributed by atoms with Crippen LogP contribution in [0.1, 0.15) is 24.5 Å². The number of hydrogen-bond donors (Lipinski definition) is 1. The van der Waals surface area contributed by atoms with Gasteiger partial charge in [0, 0.05) is 19.5 Å². The molecule has 0 unspecified atom stereocenters. The maximum atomic E-state index is 11.4. The van der Waals surface area contributed by atoms with E-state index in [1.807, 2.05) is 24.3 Å². The van der Waals surface area contributed by atoms with Gasteiger partial charge in [0.15, 0.2) is 0 Å². The molecule has 0 amide bonds. The van der Waals surface area contributed by atoms with Crippen molar-refractivity contribution < 1.29 is 9.53 Å². The molecule has 0 heterocycles. The van der Waals surface area contributed by atoms with Crippen LogP contribution >= 0.6 is 12.2 Å². The SMILES string of the molecule is CCN(CCC(N)=S)Cc1ccccc1CC(=O)OC. The van der Waals surface area contributed by atoms with Gasteiger partial charge in [-0.15, -0.1) is 0 Å². The van der Waals surface area contributed by atoms with Gasteiger partial charge in [0.25, 0.3) is 0 Å². The van der Waals surface area contributed by atoms with E-state index in [1.54, 1.807) is 0 Å². The monoisotopic (exact) mass is 294 g/mol. The van der Waals surface area contributed by atoms with E-state index >= 15 is 0 Å². The van der Waals surface area contributed by atoms with Crippen molar-refractivity contribution in [1.29, 1.82) is 0 Å². The number of benzene rings is 1. The van der Waals surface area contributed by atoms with Crippen molar-refractivity contribution in [3.05, 3.63) is 35.4 Å². The summed E-state index contributed by atoms with van der Waals surface area (Å²) in [6, 6.07) is 7.93. The number of hydrogen-bond acceptors (Lipinski definition) is 4. The molecule has 1 rings (SSSR count). The van der Waals surface area contributed by atoms with Crippen molar-refractivity contribution in [1.82, 2.24) is 4.90 Å². The van der Waals surface area contributed by atoms with Crippen molar-refractivity contribution in [2.24, 2.45) is 5.73 Å². The fraction of sp³-hybridized carbons (Fsp3) is 0.467. The van der Waals surface area contributed by atoms with Crippen LogP contribution in [0, 0.1) is 0 Å². The summed E-state index contributed by atoms with van der Waals surface area (Å²) < 4.78 is 4.73. The van der Waals surface area contributed by atoms with Crippen molar-refractivity contribution in [2.45, 2.75) is 26.3 Å². The van der Waals surface area contributed by atoms with Gasteiger partial charge in [-0.2, -0.15) is 0 Å². The third-order valence-corrected chi connectivity index (χ3v) is 3.40. The number of ether oxygens (including phenoxy) is 1. The number of methoxy groups -OCH3 is 1. The minimum Gasteiger partial charge on any atom is -0.469 e. The highest BCUT2D eigenvalue weighted by atomic mass is 32.1. The van der Waals surface area contributed by atoms with E-state index < -0.39 is 0 Å². The molecule has 0 saturated heterocycles. The topological polar surface area (TPSA) is 55.6 Å². The van der Waals surface area contributed by atoms with E-state index in [0.29, 0.717) is 17.8 Å². The van der Waals surface area contributed by atoms with E-state index in [4.69, 9.17) is 22.7 Å². The molecule has 0 aliphatic rings. The Morgan fingerprint density at radius 1 is 1.35 bits per heavy atom. The van der Waals surface area contributed by atoms with Crippen molar-refractivity contribution in [3.8, 4) is 0 Å². The number of nitrogens with two attached hydrogens (primary N) is 1. The predicted octanol–water partition coefficient (Wildman–Crippen LogP) is 1.90. The maximum absolute atomic E-state index is 11.4. The standard InChI is InChI=1S/C15H22N2O2S/c1-3-17(9-8-14(16)20)11-13-7-5-4-6-12(13)10-15(18)19-2/h4-7H,3,8-11H2,1-2H3,(H2,16,20).